The standard InChI is InChI=1S/C21H41N5O.HI/c1-4-6-14-25(3)16-13-23-21(22-5-2)24-19-12-15-26(17-19)20(27)18-10-8-7-9-11-18;/h18-19H,4-17H2,1-3H3,(H2,22,23,24);1H. The number of unbranched alkanes of at least 4 members (excludes halogenated alkanes) is 1. The number of hydrogen-bond acceptors (Lipinski definition) is 3. The summed E-state index contributed by atoms with van der Waals surface area (Å²) >= 11 is 0. The Kier molecular flexibility index (Phi) is 13.1. The molecule has 1 atom stereocenters. The van der Waals surface area contributed by atoms with Crippen LogP contribution in [0.3, 0.4) is 0 Å². The Morgan fingerprint density at radius 1 is 1.14 bits per heavy atom. The summed E-state index contributed by atoms with van der Waals surface area (Å²) in [5.74, 6) is 1.55. The number of amides is 1. The van der Waals surface area contributed by atoms with Crippen LogP contribution < -0.4 is 10.6 Å². The van der Waals surface area contributed by atoms with Crippen LogP contribution in [0.4, 0.5) is 0 Å². The number of nitrogens with zero attached hydrogens (tertiary/aromatic N) is 3. The molecule has 1 amide bonds. The maximum Gasteiger partial charge on any atom is 0.225 e. The van der Waals surface area contributed by atoms with E-state index in [0.29, 0.717) is 11.9 Å². The number of carbonyl (C=O) groups excluding carboxylic acids is 1. The molecule has 0 radical (unpaired) electrons. The van der Waals surface area contributed by atoms with Crippen LogP contribution in [0.1, 0.15) is 65.2 Å². The number of nitrogens with one attached hydrogen (secondary N) is 2. The molecule has 1 aliphatic carbocycles. The van der Waals surface area contributed by atoms with Gasteiger partial charge in [-0.15, -0.1) is 24.0 Å². The molecule has 7 heteroatoms. The quantitative estimate of drug-likeness (QED) is 0.286. The van der Waals surface area contributed by atoms with Crippen molar-refractivity contribution in [3.8, 4) is 0 Å². The summed E-state index contributed by atoms with van der Waals surface area (Å²) < 4.78 is 0. The topological polar surface area (TPSA) is 60.0 Å². The van der Waals surface area contributed by atoms with Gasteiger partial charge >= 0.3 is 0 Å². The van der Waals surface area contributed by atoms with E-state index in [4.69, 9.17) is 4.99 Å². The normalized spacial score (nSPS) is 20.9. The minimum Gasteiger partial charge on any atom is -0.357 e. The molecule has 0 aromatic carbocycles. The van der Waals surface area contributed by atoms with Gasteiger partial charge in [0.05, 0.1) is 6.54 Å². The first-order valence-electron chi connectivity index (χ1n) is 11.2. The molecule has 0 aromatic heterocycles. The molecule has 6 nitrogen and oxygen atoms in total. The van der Waals surface area contributed by atoms with Crippen LogP contribution in [0.2, 0.25) is 0 Å². The molecule has 0 bridgehead atoms. The van der Waals surface area contributed by atoms with Crippen LogP contribution >= 0.6 is 24.0 Å². The van der Waals surface area contributed by atoms with E-state index in [2.05, 4.69) is 41.3 Å². The summed E-state index contributed by atoms with van der Waals surface area (Å²) in [5, 5.41) is 6.90. The van der Waals surface area contributed by atoms with Crippen LogP contribution in [-0.4, -0.2) is 74.0 Å². The second-order valence-electron chi connectivity index (χ2n) is 8.17. The number of aliphatic imine (C=N–C) groups is 1. The van der Waals surface area contributed by atoms with Crippen LogP contribution in [0, 0.1) is 5.92 Å². The highest BCUT2D eigenvalue weighted by Gasteiger charge is 2.31. The van der Waals surface area contributed by atoms with Crippen molar-refractivity contribution in [3.05, 3.63) is 0 Å². The fraction of sp³-hybridized carbons (Fsp3) is 0.905. The summed E-state index contributed by atoms with van der Waals surface area (Å²) in [6.07, 6.45) is 9.39. The average Bonchev–Trinajstić information content (AvgIpc) is 3.15. The van der Waals surface area contributed by atoms with E-state index in [1.807, 2.05) is 0 Å². The summed E-state index contributed by atoms with van der Waals surface area (Å²) in [5.41, 5.74) is 0. The molecule has 2 aliphatic rings. The van der Waals surface area contributed by atoms with Crippen molar-refractivity contribution in [2.24, 2.45) is 10.9 Å². The highest BCUT2D eigenvalue weighted by molar-refractivity contribution is 14.0. The summed E-state index contributed by atoms with van der Waals surface area (Å²) in [6.45, 7) is 9.79. The van der Waals surface area contributed by atoms with Crippen molar-refractivity contribution in [2.45, 2.75) is 71.3 Å². The Bertz CT molecular complexity index is 468. The van der Waals surface area contributed by atoms with Gasteiger partial charge in [-0.2, -0.15) is 0 Å². The van der Waals surface area contributed by atoms with Crippen molar-refractivity contribution >= 4 is 35.8 Å². The van der Waals surface area contributed by atoms with E-state index in [9.17, 15) is 4.79 Å². The van der Waals surface area contributed by atoms with Crippen molar-refractivity contribution < 1.29 is 4.79 Å². The van der Waals surface area contributed by atoms with Crippen molar-refractivity contribution in [3.63, 3.8) is 0 Å². The Labute approximate surface area is 189 Å². The zero-order valence-electron chi connectivity index (χ0n) is 18.2. The van der Waals surface area contributed by atoms with Gasteiger partial charge in [0.1, 0.15) is 0 Å². The van der Waals surface area contributed by atoms with Gasteiger partial charge in [0, 0.05) is 38.1 Å². The lowest BCUT2D eigenvalue weighted by Crippen LogP contribution is -2.45. The summed E-state index contributed by atoms with van der Waals surface area (Å²) in [7, 11) is 2.16. The summed E-state index contributed by atoms with van der Waals surface area (Å²) in [4.78, 5) is 21.9. The number of hydrogen-bond donors (Lipinski definition) is 2. The molecule has 28 heavy (non-hydrogen) atoms. The number of halogens is 1. The third-order valence-corrected chi connectivity index (χ3v) is 5.78. The van der Waals surface area contributed by atoms with Gasteiger partial charge in [-0.3, -0.25) is 9.79 Å². The first kappa shape index (κ1) is 25.5. The van der Waals surface area contributed by atoms with Crippen LogP contribution in [0.5, 0.6) is 0 Å². The number of carbonyl (C=O) groups is 1. The molecule has 1 aliphatic heterocycles. The van der Waals surface area contributed by atoms with Gasteiger partial charge < -0.3 is 20.4 Å². The van der Waals surface area contributed by atoms with E-state index in [1.165, 1.54) is 32.1 Å². The second kappa shape index (κ2) is 14.4. The molecule has 0 aromatic rings. The fourth-order valence-corrected chi connectivity index (χ4v) is 4.07. The van der Waals surface area contributed by atoms with Crippen molar-refractivity contribution in [1.29, 1.82) is 0 Å². The molecule has 1 heterocycles. The lowest BCUT2D eigenvalue weighted by atomic mass is 9.88. The molecule has 0 spiro atoms. The Balaban J connectivity index is 0.00000392. The Morgan fingerprint density at radius 2 is 1.89 bits per heavy atom. The molecule has 1 saturated heterocycles. The highest BCUT2D eigenvalue weighted by atomic mass is 127. The van der Waals surface area contributed by atoms with Gasteiger partial charge in [-0.05, 0) is 46.2 Å². The van der Waals surface area contributed by atoms with Gasteiger partial charge in [-0.25, -0.2) is 0 Å². The van der Waals surface area contributed by atoms with Gasteiger partial charge in [0.15, 0.2) is 5.96 Å². The van der Waals surface area contributed by atoms with E-state index in [1.54, 1.807) is 0 Å². The zero-order chi connectivity index (χ0) is 19.5. The monoisotopic (exact) mass is 507 g/mol. The lowest BCUT2D eigenvalue weighted by Gasteiger charge is -2.26. The van der Waals surface area contributed by atoms with Crippen LogP contribution in [-0.2, 0) is 4.79 Å². The van der Waals surface area contributed by atoms with E-state index >= 15 is 0 Å². The SMILES string of the molecule is CCCCN(C)CCN=C(NCC)NC1CCN(C(=O)C2CCCCC2)C1.I. The molecule has 1 saturated carbocycles. The minimum absolute atomic E-state index is 0. The van der Waals surface area contributed by atoms with Gasteiger partial charge in [-0.1, -0.05) is 32.6 Å². The first-order valence-corrected chi connectivity index (χ1v) is 11.2. The smallest absolute Gasteiger partial charge is 0.225 e. The van der Waals surface area contributed by atoms with Gasteiger partial charge in [0.2, 0.25) is 5.91 Å². The third-order valence-electron chi connectivity index (χ3n) is 5.78. The minimum atomic E-state index is 0. The number of guanidine groups is 1. The van der Waals surface area contributed by atoms with Crippen molar-refractivity contribution in [2.75, 3.05) is 46.3 Å². The Morgan fingerprint density at radius 3 is 2.57 bits per heavy atom. The fourth-order valence-electron chi connectivity index (χ4n) is 4.07. The molecular formula is C21H42IN5O. The van der Waals surface area contributed by atoms with Crippen LogP contribution in [0.25, 0.3) is 0 Å². The third kappa shape index (κ3) is 8.84. The number of likely N-dealkylation sites (tertiary alicyclic amines) is 1. The van der Waals surface area contributed by atoms with E-state index in [-0.39, 0.29) is 29.9 Å². The molecule has 2 fully saturated rings. The number of likely N-dealkylation sites (N-methyl/N-ethyl adjacent to an activating group) is 1. The molecule has 2 rings (SSSR count). The highest BCUT2D eigenvalue weighted by Crippen LogP contribution is 2.26. The average molecular weight is 508 g/mol. The first-order chi connectivity index (χ1) is 13.1. The predicted octanol–water partition coefficient (Wildman–Crippen LogP) is 3.07. The zero-order valence-corrected chi connectivity index (χ0v) is 20.5. The van der Waals surface area contributed by atoms with Gasteiger partial charge in [0.25, 0.3) is 0 Å². The van der Waals surface area contributed by atoms with E-state index < -0.39 is 0 Å². The molecule has 164 valence electrons. The number of rotatable bonds is 9. The Hall–Kier alpha value is -0.570. The molecule has 1 unspecified atom stereocenters. The second-order valence-corrected chi connectivity index (χ2v) is 8.17. The largest absolute Gasteiger partial charge is 0.357 e. The molecular weight excluding hydrogens is 465 g/mol. The van der Waals surface area contributed by atoms with E-state index in [0.717, 1.165) is 64.5 Å². The van der Waals surface area contributed by atoms with Crippen molar-refractivity contribution in [1.82, 2.24) is 20.4 Å². The maximum atomic E-state index is 12.7. The summed E-state index contributed by atoms with van der Waals surface area (Å²) in [6, 6.07) is 0.313. The predicted molar refractivity (Wildman–Crippen MR) is 128 cm³/mol. The lowest BCUT2D eigenvalue weighted by molar-refractivity contribution is -0.135. The van der Waals surface area contributed by atoms with Crippen LogP contribution in [0.15, 0.2) is 4.99 Å². The maximum absolute atomic E-state index is 12.7. The molecule has 2 N–H and O–H groups in total.